The molecular weight excluding hydrogens is 228 g/mol. The summed E-state index contributed by atoms with van der Waals surface area (Å²) in [5.41, 5.74) is 1.68. The molecule has 0 fully saturated rings. The summed E-state index contributed by atoms with van der Waals surface area (Å²) in [4.78, 5) is 11.7. The van der Waals surface area contributed by atoms with Gasteiger partial charge < -0.3 is 9.84 Å². The van der Waals surface area contributed by atoms with Crippen molar-refractivity contribution >= 4 is 5.78 Å². The van der Waals surface area contributed by atoms with Crippen molar-refractivity contribution in [1.82, 2.24) is 0 Å². The maximum Gasteiger partial charge on any atom is 0.163 e. The van der Waals surface area contributed by atoms with Crippen molar-refractivity contribution in [2.75, 3.05) is 7.11 Å². The summed E-state index contributed by atoms with van der Waals surface area (Å²) in [5, 5.41) is 10.2. The Bertz CT molecular complexity index is 487. The summed E-state index contributed by atoms with van der Waals surface area (Å²) in [6.45, 7) is 8.75. The number of hydrogen-bond donors (Lipinski definition) is 1. The summed E-state index contributed by atoms with van der Waals surface area (Å²) >= 11 is 0. The van der Waals surface area contributed by atoms with Crippen LogP contribution < -0.4 is 4.74 Å². The van der Waals surface area contributed by atoms with E-state index in [9.17, 15) is 9.90 Å². The number of hydrogen-bond acceptors (Lipinski definition) is 3. The highest BCUT2D eigenvalue weighted by Gasteiger charge is 2.19. The number of carbonyl (C=O) groups excluding carboxylic acids is 1. The number of phenols is 1. The third kappa shape index (κ3) is 2.62. The zero-order valence-corrected chi connectivity index (χ0v) is 10.8. The number of phenolic OH excluding ortho intramolecular Hbond substituents is 1. The highest BCUT2D eigenvalue weighted by molar-refractivity contribution is 5.99. The van der Waals surface area contributed by atoms with E-state index in [-0.39, 0.29) is 11.5 Å². The quantitative estimate of drug-likeness (QED) is 0.620. The SMILES string of the molecule is C=CCc1cc(OC)c(C(C)=O)c(CC=C)c1O. The Labute approximate surface area is 107 Å². The van der Waals surface area contributed by atoms with E-state index in [1.165, 1.54) is 14.0 Å². The molecule has 96 valence electrons. The zero-order valence-electron chi connectivity index (χ0n) is 10.8. The van der Waals surface area contributed by atoms with Gasteiger partial charge in [-0.25, -0.2) is 0 Å². The first-order valence-electron chi connectivity index (χ1n) is 5.71. The molecule has 1 N–H and O–H groups in total. The van der Waals surface area contributed by atoms with Gasteiger partial charge in [0, 0.05) is 11.1 Å². The van der Waals surface area contributed by atoms with Crippen LogP contribution in [0.15, 0.2) is 31.4 Å². The Morgan fingerprint density at radius 2 is 2.00 bits per heavy atom. The molecule has 0 aliphatic heterocycles. The van der Waals surface area contributed by atoms with Gasteiger partial charge in [0.2, 0.25) is 0 Å². The van der Waals surface area contributed by atoms with E-state index in [4.69, 9.17) is 4.74 Å². The average molecular weight is 246 g/mol. The monoisotopic (exact) mass is 246 g/mol. The molecule has 18 heavy (non-hydrogen) atoms. The standard InChI is InChI=1S/C15H18O3/c1-5-7-11-9-13(18-4)14(10(3)16)12(8-6-2)15(11)17/h5-6,9,17H,1-2,7-8H2,3-4H3. The lowest BCUT2D eigenvalue weighted by atomic mass is 9.94. The molecule has 0 bridgehead atoms. The number of rotatable bonds is 6. The summed E-state index contributed by atoms with van der Waals surface area (Å²) < 4.78 is 5.24. The molecule has 0 saturated carbocycles. The van der Waals surface area contributed by atoms with Gasteiger partial charge in [0.15, 0.2) is 5.78 Å². The lowest BCUT2D eigenvalue weighted by molar-refractivity contribution is 0.101. The van der Waals surface area contributed by atoms with Gasteiger partial charge in [0.05, 0.1) is 12.7 Å². The van der Waals surface area contributed by atoms with E-state index < -0.39 is 0 Å². The van der Waals surface area contributed by atoms with Crippen LogP contribution in [0.4, 0.5) is 0 Å². The van der Waals surface area contributed by atoms with Crippen molar-refractivity contribution < 1.29 is 14.6 Å². The second kappa shape index (κ2) is 6.05. The van der Waals surface area contributed by atoms with Crippen molar-refractivity contribution in [2.45, 2.75) is 19.8 Å². The fourth-order valence-corrected chi connectivity index (χ4v) is 1.96. The van der Waals surface area contributed by atoms with Gasteiger partial charge in [-0.3, -0.25) is 4.79 Å². The maximum absolute atomic E-state index is 11.7. The fraction of sp³-hybridized carbons (Fsp3) is 0.267. The van der Waals surface area contributed by atoms with E-state index in [2.05, 4.69) is 13.2 Å². The number of aromatic hydroxyl groups is 1. The zero-order chi connectivity index (χ0) is 13.7. The largest absolute Gasteiger partial charge is 0.507 e. The van der Waals surface area contributed by atoms with Crippen LogP contribution >= 0.6 is 0 Å². The van der Waals surface area contributed by atoms with Gasteiger partial charge in [-0.15, -0.1) is 13.2 Å². The van der Waals surface area contributed by atoms with Gasteiger partial charge in [-0.05, 0) is 25.8 Å². The topological polar surface area (TPSA) is 46.5 Å². The van der Waals surface area contributed by atoms with Crippen molar-refractivity contribution in [3.63, 3.8) is 0 Å². The number of carbonyl (C=O) groups is 1. The van der Waals surface area contributed by atoms with Crippen LogP contribution in [0.2, 0.25) is 0 Å². The number of benzene rings is 1. The van der Waals surface area contributed by atoms with Crippen molar-refractivity contribution in [3.8, 4) is 11.5 Å². The Kier molecular flexibility index (Phi) is 4.72. The van der Waals surface area contributed by atoms with Crippen LogP contribution in [-0.2, 0) is 12.8 Å². The number of allylic oxidation sites excluding steroid dienone is 2. The van der Waals surface area contributed by atoms with E-state index in [1.807, 2.05) is 0 Å². The Hall–Kier alpha value is -2.03. The first kappa shape index (κ1) is 14.0. The average Bonchev–Trinajstić information content (AvgIpc) is 2.33. The number of ketones is 1. The predicted octanol–water partition coefficient (Wildman–Crippen LogP) is 3.06. The molecular formula is C15H18O3. The highest BCUT2D eigenvalue weighted by Crippen LogP contribution is 2.35. The third-order valence-electron chi connectivity index (χ3n) is 2.73. The Balaban J connectivity index is 3.57. The second-order valence-corrected chi connectivity index (χ2v) is 3.98. The van der Waals surface area contributed by atoms with Crippen LogP contribution in [0.5, 0.6) is 11.5 Å². The Morgan fingerprint density at radius 1 is 1.39 bits per heavy atom. The highest BCUT2D eigenvalue weighted by atomic mass is 16.5. The van der Waals surface area contributed by atoms with E-state index >= 15 is 0 Å². The number of ether oxygens (including phenoxy) is 1. The van der Waals surface area contributed by atoms with Gasteiger partial charge in [-0.1, -0.05) is 12.2 Å². The lowest BCUT2D eigenvalue weighted by Crippen LogP contribution is -2.05. The first-order valence-corrected chi connectivity index (χ1v) is 5.71. The van der Waals surface area contributed by atoms with Gasteiger partial charge >= 0.3 is 0 Å². The van der Waals surface area contributed by atoms with Gasteiger partial charge in [-0.2, -0.15) is 0 Å². The molecule has 0 aliphatic rings. The van der Waals surface area contributed by atoms with Gasteiger partial charge in [0.25, 0.3) is 0 Å². The normalized spacial score (nSPS) is 9.89. The molecule has 0 saturated heterocycles. The predicted molar refractivity (Wildman–Crippen MR) is 72.5 cm³/mol. The molecule has 0 atom stereocenters. The minimum absolute atomic E-state index is 0.126. The Morgan fingerprint density at radius 3 is 2.44 bits per heavy atom. The molecule has 0 radical (unpaired) electrons. The van der Waals surface area contributed by atoms with Crippen LogP contribution in [0.3, 0.4) is 0 Å². The minimum Gasteiger partial charge on any atom is -0.507 e. The van der Waals surface area contributed by atoms with Crippen LogP contribution in [0.25, 0.3) is 0 Å². The minimum atomic E-state index is -0.135. The molecule has 0 heterocycles. The summed E-state index contributed by atoms with van der Waals surface area (Å²) in [7, 11) is 1.51. The fourth-order valence-electron chi connectivity index (χ4n) is 1.96. The summed E-state index contributed by atoms with van der Waals surface area (Å²) in [6.07, 6.45) is 4.28. The first-order chi connectivity index (χ1) is 8.56. The van der Waals surface area contributed by atoms with Crippen LogP contribution in [0.1, 0.15) is 28.4 Å². The van der Waals surface area contributed by atoms with Crippen molar-refractivity contribution in [1.29, 1.82) is 0 Å². The number of methoxy groups -OCH3 is 1. The van der Waals surface area contributed by atoms with Gasteiger partial charge in [0.1, 0.15) is 11.5 Å². The van der Waals surface area contributed by atoms with E-state index in [0.29, 0.717) is 35.3 Å². The molecule has 1 aromatic carbocycles. The van der Waals surface area contributed by atoms with Crippen molar-refractivity contribution in [2.24, 2.45) is 0 Å². The van der Waals surface area contributed by atoms with Crippen LogP contribution in [-0.4, -0.2) is 18.0 Å². The number of Topliss-reactive ketones (excluding diaryl/α,β-unsaturated/α-hetero) is 1. The van der Waals surface area contributed by atoms with Crippen molar-refractivity contribution in [3.05, 3.63) is 48.1 Å². The molecule has 0 amide bonds. The molecule has 1 aromatic rings. The lowest BCUT2D eigenvalue weighted by Gasteiger charge is -2.15. The smallest absolute Gasteiger partial charge is 0.163 e. The summed E-state index contributed by atoms with van der Waals surface area (Å²) in [6, 6.07) is 1.68. The van der Waals surface area contributed by atoms with Crippen LogP contribution in [0, 0.1) is 0 Å². The molecule has 3 heteroatoms. The second-order valence-electron chi connectivity index (χ2n) is 3.98. The van der Waals surface area contributed by atoms with E-state index in [1.54, 1.807) is 18.2 Å². The molecule has 0 unspecified atom stereocenters. The van der Waals surface area contributed by atoms with E-state index in [0.717, 1.165) is 0 Å². The maximum atomic E-state index is 11.7. The molecule has 3 nitrogen and oxygen atoms in total. The molecule has 0 spiro atoms. The molecule has 0 aromatic heterocycles. The molecule has 1 rings (SSSR count). The summed E-state index contributed by atoms with van der Waals surface area (Å²) in [5.74, 6) is 0.471. The molecule has 0 aliphatic carbocycles. The third-order valence-corrected chi connectivity index (χ3v) is 2.73.